The summed E-state index contributed by atoms with van der Waals surface area (Å²) in [6.45, 7) is 5.80. The number of sulfonamides is 1. The third kappa shape index (κ3) is 3.63. The summed E-state index contributed by atoms with van der Waals surface area (Å²) in [5.74, 6) is -0.363. The molecule has 1 heterocycles. The number of carbonyl (C=O) groups excluding carboxylic acids is 1. The number of aliphatic hydroxyl groups is 1. The highest BCUT2D eigenvalue weighted by molar-refractivity contribution is 7.89. The van der Waals surface area contributed by atoms with E-state index in [4.69, 9.17) is 5.11 Å². The molecule has 0 aliphatic carbocycles. The highest BCUT2D eigenvalue weighted by Crippen LogP contribution is 2.17. The molecule has 1 aromatic rings. The van der Waals surface area contributed by atoms with Crippen molar-refractivity contribution in [3.8, 4) is 0 Å². The lowest BCUT2D eigenvalue weighted by Crippen LogP contribution is -2.37. The average Bonchev–Trinajstić information content (AvgIpc) is 2.96. The average molecular weight is 317 g/mol. The largest absolute Gasteiger partial charge is 0.394 e. The number of amides is 1. The predicted octanol–water partition coefficient (Wildman–Crippen LogP) is 0.498. The lowest BCUT2D eigenvalue weighted by molar-refractivity contribution is 0.0677. The van der Waals surface area contributed by atoms with Crippen LogP contribution in [0.2, 0.25) is 0 Å². The number of H-pyrrole nitrogens is 1. The second kappa shape index (κ2) is 7.06. The van der Waals surface area contributed by atoms with E-state index < -0.39 is 10.0 Å². The van der Waals surface area contributed by atoms with Crippen LogP contribution in [0.15, 0.2) is 17.2 Å². The predicted molar refractivity (Wildman–Crippen MR) is 79.5 cm³/mol. The smallest absolute Gasteiger partial charge is 0.270 e. The summed E-state index contributed by atoms with van der Waals surface area (Å²) in [4.78, 5) is 16.3. The summed E-state index contributed by atoms with van der Waals surface area (Å²) in [7, 11) is -2.03. The lowest BCUT2D eigenvalue weighted by atomic mass is 10.3. The Labute approximate surface area is 125 Å². The van der Waals surface area contributed by atoms with Crippen molar-refractivity contribution in [2.45, 2.75) is 31.7 Å². The molecular weight excluding hydrogens is 294 g/mol. The molecule has 2 N–H and O–H groups in total. The molecule has 0 aliphatic rings. The van der Waals surface area contributed by atoms with Crippen LogP contribution in [-0.4, -0.2) is 66.4 Å². The molecule has 1 unspecified atom stereocenters. The number of hydrogen-bond donors (Lipinski definition) is 2. The van der Waals surface area contributed by atoms with Crippen molar-refractivity contribution in [3.63, 3.8) is 0 Å². The van der Waals surface area contributed by atoms with Gasteiger partial charge in [0.15, 0.2) is 0 Å². The molecule has 0 saturated heterocycles. The minimum absolute atomic E-state index is 0.0691. The standard InChI is InChI=1S/C13H23N3O4S/c1-5-16(6-2)21(19,20)11-7-12(14-8-11)13(18)15(4)10(3)9-17/h7-8,10,14,17H,5-6,9H2,1-4H3. The highest BCUT2D eigenvalue weighted by atomic mass is 32.2. The number of aromatic nitrogens is 1. The van der Waals surface area contributed by atoms with Gasteiger partial charge in [0, 0.05) is 26.3 Å². The maximum atomic E-state index is 12.3. The van der Waals surface area contributed by atoms with E-state index in [1.54, 1.807) is 27.8 Å². The molecule has 8 heteroatoms. The quantitative estimate of drug-likeness (QED) is 0.765. The first-order valence-corrected chi connectivity index (χ1v) is 8.30. The van der Waals surface area contributed by atoms with Crippen molar-refractivity contribution >= 4 is 15.9 Å². The van der Waals surface area contributed by atoms with E-state index >= 15 is 0 Å². The number of aromatic amines is 1. The van der Waals surface area contributed by atoms with Gasteiger partial charge in [-0.3, -0.25) is 4.79 Å². The summed E-state index contributed by atoms with van der Waals surface area (Å²) >= 11 is 0. The zero-order valence-corrected chi connectivity index (χ0v) is 13.6. The van der Waals surface area contributed by atoms with Crippen LogP contribution in [0.5, 0.6) is 0 Å². The second-order valence-electron chi connectivity index (χ2n) is 4.79. The molecule has 1 aromatic heterocycles. The first-order valence-electron chi connectivity index (χ1n) is 6.86. The molecule has 7 nitrogen and oxygen atoms in total. The maximum Gasteiger partial charge on any atom is 0.270 e. The van der Waals surface area contributed by atoms with E-state index in [9.17, 15) is 13.2 Å². The van der Waals surface area contributed by atoms with Crippen molar-refractivity contribution in [3.05, 3.63) is 18.0 Å². The maximum absolute atomic E-state index is 12.3. The number of hydrogen-bond acceptors (Lipinski definition) is 4. The number of rotatable bonds is 7. The molecule has 0 radical (unpaired) electrons. The molecular formula is C13H23N3O4S. The minimum Gasteiger partial charge on any atom is -0.394 e. The van der Waals surface area contributed by atoms with E-state index in [-0.39, 0.29) is 29.1 Å². The van der Waals surface area contributed by atoms with E-state index in [1.807, 2.05) is 0 Å². The Morgan fingerprint density at radius 2 is 1.95 bits per heavy atom. The van der Waals surface area contributed by atoms with E-state index in [0.717, 1.165) is 0 Å². The van der Waals surface area contributed by atoms with Gasteiger partial charge in [-0.1, -0.05) is 13.8 Å². The van der Waals surface area contributed by atoms with Crippen LogP contribution in [0, 0.1) is 0 Å². The van der Waals surface area contributed by atoms with Crippen LogP contribution in [0.4, 0.5) is 0 Å². The van der Waals surface area contributed by atoms with Gasteiger partial charge in [0.2, 0.25) is 10.0 Å². The minimum atomic E-state index is -3.58. The van der Waals surface area contributed by atoms with Crippen LogP contribution >= 0.6 is 0 Å². The fourth-order valence-electron chi connectivity index (χ4n) is 1.87. The van der Waals surface area contributed by atoms with Gasteiger partial charge in [-0.25, -0.2) is 8.42 Å². The molecule has 1 rings (SSSR count). The normalized spacial score (nSPS) is 13.4. The lowest BCUT2D eigenvalue weighted by Gasteiger charge is -2.22. The molecule has 0 spiro atoms. The number of carbonyl (C=O) groups is 1. The first-order chi connectivity index (χ1) is 9.79. The Morgan fingerprint density at radius 1 is 1.38 bits per heavy atom. The van der Waals surface area contributed by atoms with Gasteiger partial charge in [-0.15, -0.1) is 0 Å². The van der Waals surface area contributed by atoms with Gasteiger partial charge in [0.1, 0.15) is 10.6 Å². The van der Waals surface area contributed by atoms with Crippen molar-refractivity contribution in [2.75, 3.05) is 26.7 Å². The summed E-state index contributed by atoms with van der Waals surface area (Å²) in [6.07, 6.45) is 1.32. The van der Waals surface area contributed by atoms with Crippen molar-refractivity contribution in [2.24, 2.45) is 0 Å². The van der Waals surface area contributed by atoms with Crippen molar-refractivity contribution in [1.29, 1.82) is 0 Å². The summed E-state index contributed by atoms with van der Waals surface area (Å²) in [6, 6.07) is 0.986. The van der Waals surface area contributed by atoms with Gasteiger partial charge in [-0.05, 0) is 13.0 Å². The Morgan fingerprint density at radius 3 is 2.43 bits per heavy atom. The number of nitrogens with one attached hydrogen (secondary N) is 1. The third-order valence-electron chi connectivity index (χ3n) is 3.48. The first kappa shape index (κ1) is 17.7. The number of nitrogens with zero attached hydrogens (tertiary/aromatic N) is 2. The SMILES string of the molecule is CCN(CC)S(=O)(=O)c1c[nH]c(C(=O)N(C)C(C)CO)c1. The van der Waals surface area contributed by atoms with Crippen LogP contribution < -0.4 is 0 Å². The molecule has 1 amide bonds. The summed E-state index contributed by atoms with van der Waals surface area (Å²) in [5.41, 5.74) is 0.184. The molecule has 0 aliphatic heterocycles. The van der Waals surface area contributed by atoms with Gasteiger partial charge in [0.05, 0.1) is 12.6 Å². The van der Waals surface area contributed by atoms with Crippen LogP contribution in [0.1, 0.15) is 31.3 Å². The molecule has 120 valence electrons. The zero-order valence-electron chi connectivity index (χ0n) is 12.8. The Kier molecular flexibility index (Phi) is 5.94. The van der Waals surface area contributed by atoms with E-state index in [2.05, 4.69) is 4.98 Å². The Hall–Kier alpha value is -1.38. The van der Waals surface area contributed by atoms with E-state index in [1.165, 1.54) is 21.5 Å². The van der Waals surface area contributed by atoms with Crippen LogP contribution in [0.25, 0.3) is 0 Å². The summed E-state index contributed by atoms with van der Waals surface area (Å²) < 4.78 is 26.0. The summed E-state index contributed by atoms with van der Waals surface area (Å²) in [5, 5.41) is 9.07. The molecule has 21 heavy (non-hydrogen) atoms. The van der Waals surface area contributed by atoms with Gasteiger partial charge < -0.3 is 15.0 Å². The van der Waals surface area contributed by atoms with Crippen molar-refractivity contribution < 1.29 is 18.3 Å². The molecule has 0 saturated carbocycles. The van der Waals surface area contributed by atoms with E-state index in [0.29, 0.717) is 13.1 Å². The fraction of sp³-hybridized carbons (Fsp3) is 0.615. The van der Waals surface area contributed by atoms with Gasteiger partial charge in [-0.2, -0.15) is 4.31 Å². The third-order valence-corrected chi connectivity index (χ3v) is 5.50. The molecule has 1 atom stereocenters. The highest BCUT2D eigenvalue weighted by Gasteiger charge is 2.25. The number of aliphatic hydroxyl groups excluding tert-OH is 1. The van der Waals surface area contributed by atoms with Crippen molar-refractivity contribution in [1.82, 2.24) is 14.2 Å². The Balaban J connectivity index is 3.04. The molecule has 0 aromatic carbocycles. The van der Waals surface area contributed by atoms with Crippen LogP contribution in [-0.2, 0) is 10.0 Å². The second-order valence-corrected chi connectivity index (χ2v) is 6.72. The number of likely N-dealkylation sites (N-methyl/N-ethyl adjacent to an activating group) is 1. The van der Waals surface area contributed by atoms with Gasteiger partial charge in [0.25, 0.3) is 5.91 Å². The molecule has 0 fully saturated rings. The zero-order chi connectivity index (χ0) is 16.2. The monoisotopic (exact) mass is 317 g/mol. The molecule has 0 bridgehead atoms. The van der Waals surface area contributed by atoms with Crippen LogP contribution in [0.3, 0.4) is 0 Å². The van der Waals surface area contributed by atoms with Gasteiger partial charge >= 0.3 is 0 Å². The Bertz CT molecular complexity index is 578. The topological polar surface area (TPSA) is 93.7 Å². The fourth-order valence-corrected chi connectivity index (χ4v) is 3.32.